The molecule has 1 heterocycles. The SMILES string of the molecule is Cn1c(SCC(=O)c2ccccc2Br)nnc1-c1ccc(C(C)(C)C)cc1. The van der Waals surface area contributed by atoms with E-state index in [1.807, 2.05) is 35.9 Å². The predicted molar refractivity (Wildman–Crippen MR) is 114 cm³/mol. The molecule has 0 fully saturated rings. The van der Waals surface area contributed by atoms with E-state index >= 15 is 0 Å². The molecule has 0 saturated carbocycles. The van der Waals surface area contributed by atoms with Crippen molar-refractivity contribution < 1.29 is 4.79 Å². The Hall–Kier alpha value is -1.92. The second-order valence-electron chi connectivity index (χ2n) is 7.38. The van der Waals surface area contributed by atoms with Crippen molar-refractivity contribution in [3.8, 4) is 11.4 Å². The van der Waals surface area contributed by atoms with Gasteiger partial charge in [0.05, 0.1) is 5.75 Å². The molecule has 0 saturated heterocycles. The van der Waals surface area contributed by atoms with Crippen molar-refractivity contribution in [3.05, 3.63) is 64.1 Å². The molecule has 0 radical (unpaired) electrons. The maximum absolute atomic E-state index is 12.5. The van der Waals surface area contributed by atoms with E-state index in [2.05, 4.69) is 71.2 Å². The van der Waals surface area contributed by atoms with Crippen molar-refractivity contribution in [3.63, 3.8) is 0 Å². The maximum Gasteiger partial charge on any atom is 0.191 e. The Morgan fingerprint density at radius 1 is 1.07 bits per heavy atom. The fourth-order valence-corrected chi connectivity index (χ4v) is 4.01. The van der Waals surface area contributed by atoms with Gasteiger partial charge in [0.15, 0.2) is 16.8 Å². The first-order valence-electron chi connectivity index (χ1n) is 8.68. The van der Waals surface area contributed by atoms with Crippen LogP contribution in [-0.2, 0) is 12.5 Å². The lowest BCUT2D eigenvalue weighted by Crippen LogP contribution is -2.10. The average Bonchev–Trinajstić information content (AvgIpc) is 3.00. The minimum atomic E-state index is 0.0616. The Morgan fingerprint density at radius 3 is 2.37 bits per heavy atom. The molecule has 3 aromatic rings. The zero-order valence-electron chi connectivity index (χ0n) is 15.9. The number of benzene rings is 2. The van der Waals surface area contributed by atoms with Crippen LogP contribution < -0.4 is 0 Å². The number of hydrogen-bond acceptors (Lipinski definition) is 4. The quantitative estimate of drug-likeness (QED) is 0.384. The van der Waals surface area contributed by atoms with E-state index in [9.17, 15) is 4.79 Å². The minimum Gasteiger partial charge on any atom is -0.305 e. The standard InChI is InChI=1S/C21H22BrN3OS/c1-21(2,3)15-11-9-14(10-12-15)19-23-24-20(25(19)4)27-13-18(26)16-7-5-6-8-17(16)22/h5-12H,13H2,1-4H3. The summed E-state index contributed by atoms with van der Waals surface area (Å²) in [5.41, 5.74) is 3.10. The van der Waals surface area contributed by atoms with Gasteiger partial charge in [0.1, 0.15) is 0 Å². The lowest BCUT2D eigenvalue weighted by atomic mass is 9.87. The van der Waals surface area contributed by atoms with Gasteiger partial charge >= 0.3 is 0 Å². The highest BCUT2D eigenvalue weighted by Crippen LogP contribution is 2.27. The van der Waals surface area contributed by atoms with Crippen LogP contribution in [0.15, 0.2) is 58.2 Å². The van der Waals surface area contributed by atoms with Gasteiger partial charge in [-0.25, -0.2) is 0 Å². The third kappa shape index (κ3) is 4.50. The Bertz CT molecular complexity index is 958. The van der Waals surface area contributed by atoms with Gasteiger partial charge in [-0.15, -0.1) is 10.2 Å². The van der Waals surface area contributed by atoms with Crippen LogP contribution >= 0.6 is 27.7 Å². The zero-order valence-corrected chi connectivity index (χ0v) is 18.3. The summed E-state index contributed by atoms with van der Waals surface area (Å²) < 4.78 is 2.75. The largest absolute Gasteiger partial charge is 0.305 e. The summed E-state index contributed by atoms with van der Waals surface area (Å²) in [5.74, 6) is 1.18. The first-order valence-corrected chi connectivity index (χ1v) is 10.5. The summed E-state index contributed by atoms with van der Waals surface area (Å²) >= 11 is 4.83. The van der Waals surface area contributed by atoms with Crippen molar-refractivity contribution in [2.24, 2.45) is 7.05 Å². The lowest BCUT2D eigenvalue weighted by molar-refractivity contribution is 0.102. The summed E-state index contributed by atoms with van der Waals surface area (Å²) in [7, 11) is 1.93. The second-order valence-corrected chi connectivity index (χ2v) is 9.18. The minimum absolute atomic E-state index is 0.0616. The third-order valence-electron chi connectivity index (χ3n) is 4.35. The predicted octanol–water partition coefficient (Wildman–Crippen LogP) is 5.52. The van der Waals surface area contributed by atoms with E-state index < -0.39 is 0 Å². The zero-order chi connectivity index (χ0) is 19.6. The molecule has 0 amide bonds. The van der Waals surface area contributed by atoms with Crippen LogP contribution in [0.3, 0.4) is 0 Å². The normalized spacial score (nSPS) is 11.6. The van der Waals surface area contributed by atoms with Gasteiger partial charge in [-0.3, -0.25) is 4.79 Å². The fourth-order valence-electron chi connectivity index (χ4n) is 2.71. The number of carbonyl (C=O) groups is 1. The van der Waals surface area contributed by atoms with Crippen LogP contribution in [0.2, 0.25) is 0 Å². The number of hydrogen-bond donors (Lipinski definition) is 0. The molecule has 0 spiro atoms. The van der Waals surface area contributed by atoms with Gasteiger partial charge in [-0.05, 0) is 17.0 Å². The van der Waals surface area contributed by atoms with Crippen LogP contribution in [0.5, 0.6) is 0 Å². The highest BCUT2D eigenvalue weighted by molar-refractivity contribution is 9.10. The highest BCUT2D eigenvalue weighted by atomic mass is 79.9. The molecule has 0 bridgehead atoms. The molecular weight excluding hydrogens is 422 g/mol. The summed E-state index contributed by atoms with van der Waals surface area (Å²) in [6.45, 7) is 6.59. The lowest BCUT2D eigenvalue weighted by Gasteiger charge is -2.19. The molecular formula is C21H22BrN3OS. The molecule has 140 valence electrons. The summed E-state index contributed by atoms with van der Waals surface area (Å²) in [6.07, 6.45) is 0. The van der Waals surface area contributed by atoms with Crippen LogP contribution in [0.1, 0.15) is 36.7 Å². The Kier molecular flexibility index (Phi) is 5.86. The number of halogens is 1. The summed E-state index contributed by atoms with van der Waals surface area (Å²) in [6, 6.07) is 15.9. The third-order valence-corrected chi connectivity index (χ3v) is 6.06. The summed E-state index contributed by atoms with van der Waals surface area (Å²) in [5, 5.41) is 9.31. The van der Waals surface area contributed by atoms with Crippen LogP contribution in [0.4, 0.5) is 0 Å². The number of carbonyl (C=O) groups excluding carboxylic acids is 1. The number of thioether (sulfide) groups is 1. The molecule has 27 heavy (non-hydrogen) atoms. The smallest absolute Gasteiger partial charge is 0.191 e. The number of nitrogens with zero attached hydrogens (tertiary/aromatic N) is 3. The topological polar surface area (TPSA) is 47.8 Å². The molecule has 2 aromatic carbocycles. The van der Waals surface area contributed by atoms with Gasteiger partial charge in [0.25, 0.3) is 0 Å². The molecule has 0 aliphatic rings. The number of rotatable bonds is 5. The molecule has 3 rings (SSSR count). The molecule has 4 nitrogen and oxygen atoms in total. The maximum atomic E-state index is 12.5. The molecule has 1 aromatic heterocycles. The summed E-state index contributed by atoms with van der Waals surface area (Å²) in [4.78, 5) is 12.5. The van der Waals surface area contributed by atoms with Crippen LogP contribution in [0, 0.1) is 0 Å². The van der Waals surface area contributed by atoms with Gasteiger partial charge < -0.3 is 4.57 Å². The Morgan fingerprint density at radius 2 is 1.74 bits per heavy atom. The second kappa shape index (κ2) is 7.98. The number of aromatic nitrogens is 3. The van der Waals surface area contributed by atoms with Gasteiger partial charge in [0, 0.05) is 22.6 Å². The van der Waals surface area contributed by atoms with E-state index in [0.717, 1.165) is 21.0 Å². The van der Waals surface area contributed by atoms with Crippen molar-refractivity contribution >= 4 is 33.5 Å². The number of ketones is 1. The Labute approximate surface area is 172 Å². The molecule has 6 heteroatoms. The van der Waals surface area contributed by atoms with Gasteiger partial charge in [-0.2, -0.15) is 0 Å². The van der Waals surface area contributed by atoms with Crippen molar-refractivity contribution in [1.82, 2.24) is 14.8 Å². The molecule has 0 aliphatic heterocycles. The van der Waals surface area contributed by atoms with E-state index in [4.69, 9.17) is 0 Å². The first-order chi connectivity index (χ1) is 12.8. The molecule has 0 aliphatic carbocycles. The van der Waals surface area contributed by atoms with Crippen LogP contribution in [-0.4, -0.2) is 26.3 Å². The van der Waals surface area contributed by atoms with Crippen molar-refractivity contribution in [1.29, 1.82) is 0 Å². The van der Waals surface area contributed by atoms with E-state index in [1.165, 1.54) is 17.3 Å². The van der Waals surface area contributed by atoms with Gasteiger partial charge in [-0.1, -0.05) is 90.9 Å². The monoisotopic (exact) mass is 443 g/mol. The van der Waals surface area contributed by atoms with Crippen molar-refractivity contribution in [2.75, 3.05) is 5.75 Å². The molecule has 0 atom stereocenters. The van der Waals surface area contributed by atoms with Crippen molar-refractivity contribution in [2.45, 2.75) is 31.3 Å². The van der Waals surface area contributed by atoms with E-state index in [0.29, 0.717) is 11.3 Å². The first kappa shape index (κ1) is 19.8. The van der Waals surface area contributed by atoms with E-state index in [-0.39, 0.29) is 11.2 Å². The van der Waals surface area contributed by atoms with Crippen LogP contribution in [0.25, 0.3) is 11.4 Å². The molecule has 0 N–H and O–H groups in total. The fraction of sp³-hybridized carbons (Fsp3) is 0.286. The average molecular weight is 444 g/mol. The highest BCUT2D eigenvalue weighted by Gasteiger charge is 2.17. The van der Waals surface area contributed by atoms with Gasteiger partial charge in [0.2, 0.25) is 0 Å². The molecule has 0 unspecified atom stereocenters. The van der Waals surface area contributed by atoms with E-state index in [1.54, 1.807) is 0 Å². The number of Topliss-reactive ketones (excluding diaryl/α,β-unsaturated/α-hetero) is 1. The Balaban J connectivity index is 1.74.